The highest BCUT2D eigenvalue weighted by Crippen LogP contribution is 2.30. The summed E-state index contributed by atoms with van der Waals surface area (Å²) in [5, 5.41) is 3.48. The number of amides is 2. The van der Waals surface area contributed by atoms with Crippen LogP contribution in [0.3, 0.4) is 0 Å². The Bertz CT molecular complexity index is 1180. The molecule has 0 saturated carbocycles. The smallest absolute Gasteiger partial charge is 0.256 e. The molecule has 0 aliphatic carbocycles. The molecule has 8 heteroatoms. The zero-order valence-electron chi connectivity index (χ0n) is 18.8. The molecule has 3 aromatic rings. The van der Waals surface area contributed by atoms with Crippen molar-refractivity contribution in [3.8, 4) is 5.75 Å². The van der Waals surface area contributed by atoms with Crippen molar-refractivity contribution in [1.82, 2.24) is 4.90 Å². The van der Waals surface area contributed by atoms with Crippen molar-refractivity contribution in [2.75, 3.05) is 43.5 Å². The fraction of sp³-hybridized carbons (Fsp3) is 0.231. The van der Waals surface area contributed by atoms with Gasteiger partial charge in [0.15, 0.2) is 0 Å². The number of rotatable bonds is 6. The molecule has 0 aromatic heterocycles. The number of hydrogen-bond donors (Lipinski definition) is 1. The van der Waals surface area contributed by atoms with Crippen molar-refractivity contribution in [3.63, 3.8) is 0 Å². The van der Waals surface area contributed by atoms with E-state index in [1.54, 1.807) is 36.3 Å². The van der Waals surface area contributed by atoms with Crippen LogP contribution in [-0.2, 0) is 11.2 Å². The third-order valence-electron chi connectivity index (χ3n) is 5.77. The van der Waals surface area contributed by atoms with E-state index in [2.05, 4.69) is 10.2 Å². The van der Waals surface area contributed by atoms with Gasteiger partial charge in [0.05, 0.1) is 30.5 Å². The van der Waals surface area contributed by atoms with Gasteiger partial charge in [0.2, 0.25) is 5.91 Å². The number of hydrogen-bond acceptors (Lipinski definition) is 4. The summed E-state index contributed by atoms with van der Waals surface area (Å²) in [6.45, 7) is 1.97. The highest BCUT2D eigenvalue weighted by atomic mass is 35.5. The summed E-state index contributed by atoms with van der Waals surface area (Å²) >= 11 is 6.21. The first-order chi connectivity index (χ1) is 16.4. The van der Waals surface area contributed by atoms with Crippen LogP contribution < -0.4 is 15.0 Å². The molecule has 1 aliphatic heterocycles. The third-order valence-corrected chi connectivity index (χ3v) is 6.00. The van der Waals surface area contributed by atoms with Gasteiger partial charge < -0.3 is 19.9 Å². The van der Waals surface area contributed by atoms with Crippen LogP contribution in [0.25, 0.3) is 0 Å². The minimum absolute atomic E-state index is 0.0777. The van der Waals surface area contributed by atoms with E-state index < -0.39 is 5.82 Å². The second-order valence-corrected chi connectivity index (χ2v) is 8.43. The summed E-state index contributed by atoms with van der Waals surface area (Å²) < 4.78 is 19.2. The molecule has 176 valence electrons. The first kappa shape index (κ1) is 23.6. The van der Waals surface area contributed by atoms with Crippen LogP contribution in [0.1, 0.15) is 15.9 Å². The van der Waals surface area contributed by atoms with Crippen LogP contribution in [0, 0.1) is 5.82 Å². The number of piperazine rings is 1. The van der Waals surface area contributed by atoms with Crippen molar-refractivity contribution in [2.45, 2.75) is 6.42 Å². The lowest BCUT2D eigenvalue weighted by Gasteiger charge is -2.37. The Morgan fingerprint density at radius 2 is 1.71 bits per heavy atom. The van der Waals surface area contributed by atoms with Gasteiger partial charge in [-0.25, -0.2) is 4.39 Å². The zero-order valence-corrected chi connectivity index (χ0v) is 19.5. The van der Waals surface area contributed by atoms with Gasteiger partial charge >= 0.3 is 0 Å². The standard InChI is InChI=1S/C26H25ClFN3O3/c1-34-20-9-6-18(7-10-20)16-25(32)29-23-17-19(27)8-11-24(23)30-12-14-31(15-13-30)26(33)21-4-2-3-5-22(21)28/h2-11,17H,12-16H2,1H3,(H,29,32). The molecule has 0 radical (unpaired) electrons. The van der Waals surface area contributed by atoms with Crippen molar-refractivity contribution in [3.05, 3.63) is 88.7 Å². The summed E-state index contributed by atoms with van der Waals surface area (Å²) in [5.74, 6) is -0.271. The molecule has 1 N–H and O–H groups in total. The van der Waals surface area contributed by atoms with Crippen LogP contribution in [-0.4, -0.2) is 50.0 Å². The minimum atomic E-state index is -0.519. The van der Waals surface area contributed by atoms with E-state index in [4.69, 9.17) is 16.3 Å². The van der Waals surface area contributed by atoms with Gasteiger partial charge in [-0.2, -0.15) is 0 Å². The quantitative estimate of drug-likeness (QED) is 0.557. The average Bonchev–Trinajstić information content (AvgIpc) is 2.85. The molecule has 1 saturated heterocycles. The maximum absolute atomic E-state index is 14.0. The molecule has 1 aliphatic rings. The number of nitrogens with one attached hydrogen (secondary N) is 1. The third kappa shape index (κ3) is 5.48. The highest BCUT2D eigenvalue weighted by molar-refractivity contribution is 6.31. The van der Waals surface area contributed by atoms with Crippen LogP contribution in [0.2, 0.25) is 5.02 Å². The number of halogens is 2. The Hall–Kier alpha value is -3.58. The van der Waals surface area contributed by atoms with E-state index >= 15 is 0 Å². The number of carbonyl (C=O) groups excluding carboxylic acids is 2. The number of anilines is 2. The predicted octanol–water partition coefficient (Wildman–Crippen LogP) is 4.63. The summed E-state index contributed by atoms with van der Waals surface area (Å²) in [7, 11) is 1.60. The number of nitrogens with zero attached hydrogens (tertiary/aromatic N) is 2. The SMILES string of the molecule is COc1ccc(CC(=O)Nc2cc(Cl)ccc2N2CCN(C(=O)c3ccccc3F)CC2)cc1. The molecule has 6 nitrogen and oxygen atoms in total. The largest absolute Gasteiger partial charge is 0.497 e. The van der Waals surface area contributed by atoms with Crippen molar-refractivity contribution in [1.29, 1.82) is 0 Å². The monoisotopic (exact) mass is 481 g/mol. The molecule has 4 rings (SSSR count). The average molecular weight is 482 g/mol. The Morgan fingerprint density at radius 1 is 1.00 bits per heavy atom. The fourth-order valence-corrected chi connectivity index (χ4v) is 4.13. The zero-order chi connectivity index (χ0) is 24.1. The van der Waals surface area contributed by atoms with Crippen molar-refractivity contribution >= 4 is 34.8 Å². The summed E-state index contributed by atoms with van der Waals surface area (Å²) in [6.07, 6.45) is 0.209. The maximum atomic E-state index is 14.0. The second-order valence-electron chi connectivity index (χ2n) is 7.99. The number of methoxy groups -OCH3 is 1. The topological polar surface area (TPSA) is 61.9 Å². The van der Waals surface area contributed by atoms with Crippen LogP contribution in [0.4, 0.5) is 15.8 Å². The summed E-state index contributed by atoms with van der Waals surface area (Å²) in [4.78, 5) is 29.2. The molecular weight excluding hydrogens is 457 g/mol. The Balaban J connectivity index is 1.42. The van der Waals surface area contributed by atoms with Gasteiger partial charge in [0.25, 0.3) is 5.91 Å². The van der Waals surface area contributed by atoms with Crippen molar-refractivity contribution < 1.29 is 18.7 Å². The molecule has 3 aromatic carbocycles. The maximum Gasteiger partial charge on any atom is 0.256 e. The molecule has 2 amide bonds. The predicted molar refractivity (Wildman–Crippen MR) is 131 cm³/mol. The summed E-state index contributed by atoms with van der Waals surface area (Å²) in [5.41, 5.74) is 2.38. The van der Waals surface area contributed by atoms with E-state index in [0.29, 0.717) is 36.9 Å². The van der Waals surface area contributed by atoms with Gasteiger partial charge in [-0.05, 0) is 48.0 Å². The molecule has 1 fully saturated rings. The van der Waals surface area contributed by atoms with Crippen molar-refractivity contribution in [2.24, 2.45) is 0 Å². The van der Waals surface area contributed by atoms with Crippen LogP contribution >= 0.6 is 11.6 Å². The molecule has 1 heterocycles. The molecule has 34 heavy (non-hydrogen) atoms. The summed E-state index contributed by atoms with van der Waals surface area (Å²) in [6, 6.07) is 18.7. The van der Waals surface area contributed by atoms with Gasteiger partial charge in [-0.1, -0.05) is 35.9 Å². The lowest BCUT2D eigenvalue weighted by molar-refractivity contribution is -0.115. The molecule has 0 unspecified atom stereocenters. The normalized spacial score (nSPS) is 13.5. The fourth-order valence-electron chi connectivity index (χ4n) is 3.96. The number of carbonyl (C=O) groups is 2. The molecular formula is C26H25ClFN3O3. The molecule has 0 spiro atoms. The van der Waals surface area contributed by atoms with E-state index in [-0.39, 0.29) is 23.8 Å². The van der Waals surface area contributed by atoms with Gasteiger partial charge in [-0.15, -0.1) is 0 Å². The van der Waals surface area contributed by atoms with Crippen LogP contribution in [0.15, 0.2) is 66.7 Å². The van der Waals surface area contributed by atoms with E-state index in [0.717, 1.165) is 17.0 Å². The molecule has 0 atom stereocenters. The highest BCUT2D eigenvalue weighted by Gasteiger charge is 2.25. The van der Waals surface area contributed by atoms with Gasteiger partial charge in [0, 0.05) is 31.2 Å². The van der Waals surface area contributed by atoms with Gasteiger partial charge in [0.1, 0.15) is 11.6 Å². The Labute approximate surface area is 202 Å². The van der Waals surface area contributed by atoms with E-state index in [1.807, 2.05) is 30.3 Å². The number of benzene rings is 3. The van der Waals surface area contributed by atoms with Crippen LogP contribution in [0.5, 0.6) is 5.75 Å². The van der Waals surface area contributed by atoms with E-state index in [9.17, 15) is 14.0 Å². The second kappa shape index (κ2) is 10.6. The first-order valence-electron chi connectivity index (χ1n) is 11.0. The minimum Gasteiger partial charge on any atom is -0.497 e. The number of ether oxygens (including phenoxy) is 1. The first-order valence-corrected chi connectivity index (χ1v) is 11.3. The Morgan fingerprint density at radius 3 is 2.38 bits per heavy atom. The van der Waals surface area contributed by atoms with Gasteiger partial charge in [-0.3, -0.25) is 9.59 Å². The lowest BCUT2D eigenvalue weighted by Crippen LogP contribution is -2.49. The Kier molecular flexibility index (Phi) is 7.33. The lowest BCUT2D eigenvalue weighted by atomic mass is 10.1. The van der Waals surface area contributed by atoms with E-state index in [1.165, 1.54) is 12.1 Å². The molecule has 0 bridgehead atoms.